The summed E-state index contributed by atoms with van der Waals surface area (Å²) >= 11 is 1.45. The zero-order chi connectivity index (χ0) is 22.7. The van der Waals surface area contributed by atoms with Crippen molar-refractivity contribution >= 4 is 38.2 Å². The highest BCUT2D eigenvalue weighted by atomic mass is 32.2. The Morgan fingerprint density at radius 2 is 1.72 bits per heavy atom. The third-order valence-corrected chi connectivity index (χ3v) is 9.17. The Morgan fingerprint density at radius 3 is 2.41 bits per heavy atom. The highest BCUT2D eigenvalue weighted by molar-refractivity contribution is 7.89. The van der Waals surface area contributed by atoms with Crippen LogP contribution in [0, 0.1) is 0 Å². The minimum atomic E-state index is -3.49. The minimum Gasteiger partial charge on any atom is -0.465 e. The van der Waals surface area contributed by atoms with E-state index in [0.29, 0.717) is 29.2 Å². The Bertz CT molecular complexity index is 1100. The van der Waals surface area contributed by atoms with Crippen molar-refractivity contribution in [3.05, 3.63) is 45.8 Å². The average Bonchev–Trinajstić information content (AvgIpc) is 3.17. The summed E-state index contributed by atoms with van der Waals surface area (Å²) in [6, 6.07) is 6.49. The summed E-state index contributed by atoms with van der Waals surface area (Å²) in [6.45, 7) is 1.11. The van der Waals surface area contributed by atoms with Crippen LogP contribution in [0.5, 0.6) is 0 Å². The molecule has 0 spiro atoms. The third kappa shape index (κ3) is 4.74. The fraction of sp³-hybridized carbons (Fsp3) is 0.478. The van der Waals surface area contributed by atoms with Gasteiger partial charge in [-0.05, 0) is 61.8 Å². The van der Waals surface area contributed by atoms with Crippen LogP contribution in [0.2, 0.25) is 0 Å². The monoisotopic (exact) mass is 476 g/mol. The number of ether oxygens (including phenoxy) is 1. The molecule has 1 N–H and O–H groups in total. The molecule has 1 aromatic heterocycles. The normalized spacial score (nSPS) is 16.9. The summed E-state index contributed by atoms with van der Waals surface area (Å²) in [4.78, 5) is 26.4. The van der Waals surface area contributed by atoms with Crippen LogP contribution in [-0.2, 0) is 38.8 Å². The summed E-state index contributed by atoms with van der Waals surface area (Å²) in [5.74, 6) is -0.674. The number of hydrogen-bond acceptors (Lipinski definition) is 6. The van der Waals surface area contributed by atoms with E-state index in [2.05, 4.69) is 5.32 Å². The molecule has 172 valence electrons. The first-order chi connectivity index (χ1) is 15.4. The van der Waals surface area contributed by atoms with E-state index >= 15 is 0 Å². The number of anilines is 1. The predicted molar refractivity (Wildman–Crippen MR) is 124 cm³/mol. The maximum atomic E-state index is 12.8. The van der Waals surface area contributed by atoms with Crippen LogP contribution in [-0.4, -0.2) is 44.8 Å². The SMILES string of the molecule is COC(=O)c1c(NC(=O)Cc2ccc(S(=O)(=O)N3CCCCC3)cc2)sc2c1CCCC2. The van der Waals surface area contributed by atoms with Crippen LogP contribution in [0.15, 0.2) is 29.2 Å². The van der Waals surface area contributed by atoms with E-state index in [1.807, 2.05) is 0 Å². The summed E-state index contributed by atoms with van der Waals surface area (Å²) in [6.07, 6.45) is 6.75. The number of aryl methyl sites for hydroxylation is 1. The van der Waals surface area contributed by atoms with Gasteiger partial charge in [0.2, 0.25) is 15.9 Å². The third-order valence-electron chi connectivity index (χ3n) is 6.05. The highest BCUT2D eigenvalue weighted by Crippen LogP contribution is 2.38. The van der Waals surface area contributed by atoms with E-state index < -0.39 is 16.0 Å². The first kappa shape index (κ1) is 22.9. The van der Waals surface area contributed by atoms with Crippen LogP contribution in [0.1, 0.15) is 58.5 Å². The van der Waals surface area contributed by atoms with Crippen LogP contribution < -0.4 is 5.32 Å². The molecule has 1 saturated heterocycles. The Kier molecular flexibility index (Phi) is 6.97. The molecule has 7 nitrogen and oxygen atoms in total. The molecule has 9 heteroatoms. The van der Waals surface area contributed by atoms with Gasteiger partial charge in [-0.15, -0.1) is 11.3 Å². The van der Waals surface area contributed by atoms with Crippen LogP contribution in [0.4, 0.5) is 5.00 Å². The maximum absolute atomic E-state index is 12.8. The van der Waals surface area contributed by atoms with Crippen molar-refractivity contribution in [2.24, 2.45) is 0 Å². The summed E-state index contributed by atoms with van der Waals surface area (Å²) in [5.41, 5.74) is 2.18. The van der Waals surface area contributed by atoms with E-state index in [4.69, 9.17) is 4.74 Å². The molecule has 0 unspecified atom stereocenters. The summed E-state index contributed by atoms with van der Waals surface area (Å²) in [5, 5.41) is 3.42. The molecule has 4 rings (SSSR count). The molecule has 0 bridgehead atoms. The average molecular weight is 477 g/mol. The molecule has 1 aromatic carbocycles. The lowest BCUT2D eigenvalue weighted by molar-refractivity contribution is -0.115. The number of carbonyl (C=O) groups excluding carboxylic acids is 2. The molecule has 2 aliphatic rings. The number of fused-ring (bicyclic) bond motifs is 1. The minimum absolute atomic E-state index is 0.0905. The smallest absolute Gasteiger partial charge is 0.341 e. The van der Waals surface area contributed by atoms with Gasteiger partial charge in [0, 0.05) is 18.0 Å². The number of nitrogens with zero attached hydrogens (tertiary/aromatic N) is 1. The molecule has 1 aliphatic heterocycles. The lowest BCUT2D eigenvalue weighted by atomic mass is 9.95. The van der Waals surface area contributed by atoms with Crippen molar-refractivity contribution < 1.29 is 22.7 Å². The molecule has 0 radical (unpaired) electrons. The molecule has 2 heterocycles. The van der Waals surface area contributed by atoms with Gasteiger partial charge in [-0.25, -0.2) is 13.2 Å². The molecular weight excluding hydrogens is 448 g/mol. The van der Waals surface area contributed by atoms with Gasteiger partial charge in [-0.1, -0.05) is 18.6 Å². The van der Waals surface area contributed by atoms with Crippen LogP contribution in [0.3, 0.4) is 0 Å². The van der Waals surface area contributed by atoms with Crippen molar-refractivity contribution in [3.63, 3.8) is 0 Å². The van der Waals surface area contributed by atoms with Crippen molar-refractivity contribution in [2.75, 3.05) is 25.5 Å². The number of rotatable bonds is 6. The first-order valence-electron chi connectivity index (χ1n) is 11.0. The number of sulfonamides is 1. The van der Waals surface area contributed by atoms with Crippen molar-refractivity contribution in [2.45, 2.75) is 56.3 Å². The van der Waals surface area contributed by atoms with Crippen LogP contribution in [0.25, 0.3) is 0 Å². The fourth-order valence-corrected chi connectivity index (χ4v) is 7.17. The largest absolute Gasteiger partial charge is 0.465 e. The number of methoxy groups -OCH3 is 1. The van der Waals surface area contributed by atoms with Crippen molar-refractivity contribution in [1.29, 1.82) is 0 Å². The van der Waals surface area contributed by atoms with E-state index in [9.17, 15) is 18.0 Å². The van der Waals surface area contributed by atoms with Crippen LogP contribution >= 0.6 is 11.3 Å². The Hall–Kier alpha value is -2.23. The Labute approximate surface area is 192 Å². The van der Waals surface area contributed by atoms with E-state index in [-0.39, 0.29) is 17.2 Å². The lowest BCUT2D eigenvalue weighted by Gasteiger charge is -2.25. The van der Waals surface area contributed by atoms with Gasteiger partial charge in [-0.2, -0.15) is 4.31 Å². The number of hydrogen-bond donors (Lipinski definition) is 1. The second-order valence-corrected chi connectivity index (χ2v) is 11.3. The zero-order valence-corrected chi connectivity index (χ0v) is 19.8. The van der Waals surface area contributed by atoms with Gasteiger partial charge >= 0.3 is 5.97 Å². The molecule has 0 saturated carbocycles. The van der Waals surface area contributed by atoms with Gasteiger partial charge in [0.05, 0.1) is 24.0 Å². The number of carbonyl (C=O) groups is 2. The highest BCUT2D eigenvalue weighted by Gasteiger charge is 2.28. The second-order valence-electron chi connectivity index (χ2n) is 8.24. The number of amides is 1. The molecule has 32 heavy (non-hydrogen) atoms. The van der Waals surface area contributed by atoms with E-state index in [0.717, 1.165) is 55.4 Å². The topological polar surface area (TPSA) is 92.8 Å². The quantitative estimate of drug-likeness (QED) is 0.641. The van der Waals surface area contributed by atoms with Gasteiger partial charge in [-0.3, -0.25) is 4.79 Å². The summed E-state index contributed by atoms with van der Waals surface area (Å²) in [7, 11) is -2.15. The molecule has 0 atom stereocenters. The predicted octanol–water partition coefficient (Wildman–Crippen LogP) is 3.77. The Balaban J connectivity index is 1.46. The number of nitrogens with one attached hydrogen (secondary N) is 1. The number of piperidine rings is 1. The molecular formula is C23H28N2O5S2. The molecule has 1 aliphatic carbocycles. The zero-order valence-electron chi connectivity index (χ0n) is 18.2. The number of thiophene rings is 1. The first-order valence-corrected chi connectivity index (χ1v) is 13.3. The van der Waals surface area contributed by atoms with Crippen molar-refractivity contribution in [3.8, 4) is 0 Å². The maximum Gasteiger partial charge on any atom is 0.341 e. The number of benzene rings is 1. The molecule has 1 fully saturated rings. The van der Waals surface area contributed by atoms with Gasteiger partial charge in [0.1, 0.15) is 5.00 Å². The van der Waals surface area contributed by atoms with Gasteiger partial charge in [0.15, 0.2) is 0 Å². The van der Waals surface area contributed by atoms with Crippen molar-refractivity contribution in [1.82, 2.24) is 4.31 Å². The van der Waals surface area contributed by atoms with Gasteiger partial charge in [0.25, 0.3) is 0 Å². The lowest BCUT2D eigenvalue weighted by Crippen LogP contribution is -2.35. The van der Waals surface area contributed by atoms with E-state index in [1.54, 1.807) is 24.3 Å². The molecule has 2 aromatic rings. The standard InChI is InChI=1S/C23H28N2O5S2/c1-30-23(27)21-18-7-3-4-8-19(18)31-22(21)24-20(26)15-16-9-11-17(12-10-16)32(28,29)25-13-5-2-6-14-25/h9-12H,2-8,13-15H2,1H3,(H,24,26). The molecule has 1 amide bonds. The second kappa shape index (κ2) is 9.72. The van der Waals surface area contributed by atoms with Gasteiger partial charge < -0.3 is 10.1 Å². The van der Waals surface area contributed by atoms with E-state index in [1.165, 1.54) is 22.8 Å². The number of esters is 1. The fourth-order valence-electron chi connectivity index (χ4n) is 4.36. The Morgan fingerprint density at radius 1 is 1.03 bits per heavy atom. The summed E-state index contributed by atoms with van der Waals surface area (Å²) < 4.78 is 32.1.